The molecule has 2 heterocycles. The summed E-state index contributed by atoms with van der Waals surface area (Å²) in [7, 11) is 0. The predicted molar refractivity (Wildman–Crippen MR) is 206 cm³/mol. The summed E-state index contributed by atoms with van der Waals surface area (Å²) in [6, 6.07) is 63.0. The van der Waals surface area contributed by atoms with Gasteiger partial charge in [0.05, 0.1) is 28.4 Å². The van der Waals surface area contributed by atoms with Crippen molar-refractivity contribution in [2.24, 2.45) is 0 Å². The summed E-state index contributed by atoms with van der Waals surface area (Å²) in [4.78, 5) is 10.1. The molecule has 0 fully saturated rings. The lowest BCUT2D eigenvalue weighted by Gasteiger charge is -2.39. The number of rotatable bonds is 4. The molecule has 0 bridgehead atoms. The van der Waals surface area contributed by atoms with Crippen LogP contribution in [0, 0.1) is 11.3 Å². The van der Waals surface area contributed by atoms with Crippen molar-refractivity contribution in [2.75, 3.05) is 0 Å². The molecule has 8 aromatic rings. The smallest absolute Gasteiger partial charge is 0.160 e. The Bertz CT molecular complexity index is 2630. The van der Waals surface area contributed by atoms with Gasteiger partial charge in [-0.2, -0.15) is 5.26 Å². The zero-order valence-corrected chi connectivity index (χ0v) is 28.0. The van der Waals surface area contributed by atoms with Crippen LogP contribution in [0.4, 0.5) is 0 Å². The second-order valence-corrected chi connectivity index (χ2v) is 13.3. The molecule has 242 valence electrons. The molecule has 4 heteroatoms. The van der Waals surface area contributed by atoms with Crippen molar-refractivity contribution in [3.05, 3.63) is 204 Å². The van der Waals surface area contributed by atoms with Crippen LogP contribution in [0.15, 0.2) is 176 Å². The molecule has 4 nitrogen and oxygen atoms in total. The van der Waals surface area contributed by atoms with Crippen LogP contribution >= 0.6 is 0 Å². The van der Waals surface area contributed by atoms with Gasteiger partial charge in [0.15, 0.2) is 5.82 Å². The van der Waals surface area contributed by atoms with E-state index in [4.69, 9.17) is 14.7 Å². The van der Waals surface area contributed by atoms with Crippen molar-refractivity contribution in [1.29, 1.82) is 5.26 Å². The minimum absolute atomic E-state index is 0.590. The lowest BCUT2D eigenvalue weighted by molar-refractivity contribution is 0.436. The summed E-state index contributed by atoms with van der Waals surface area (Å²) in [5.41, 5.74) is 13.7. The van der Waals surface area contributed by atoms with Gasteiger partial charge in [-0.15, -0.1) is 0 Å². The Hall–Kier alpha value is -7.09. The molecule has 1 aliphatic heterocycles. The Balaban J connectivity index is 1.15. The molecular weight excluding hydrogens is 635 g/mol. The predicted octanol–water partition coefficient (Wildman–Crippen LogP) is 11.5. The fourth-order valence-corrected chi connectivity index (χ4v) is 8.08. The lowest BCUT2D eigenvalue weighted by atomic mass is 9.66. The minimum atomic E-state index is -0.590. The third kappa shape index (κ3) is 4.54. The van der Waals surface area contributed by atoms with Crippen LogP contribution in [0.2, 0.25) is 0 Å². The van der Waals surface area contributed by atoms with Crippen LogP contribution in [-0.4, -0.2) is 9.97 Å². The highest BCUT2D eigenvalue weighted by atomic mass is 16.5. The van der Waals surface area contributed by atoms with Crippen molar-refractivity contribution in [1.82, 2.24) is 9.97 Å². The van der Waals surface area contributed by atoms with E-state index >= 15 is 0 Å². The Kier molecular flexibility index (Phi) is 6.74. The Morgan fingerprint density at radius 1 is 0.423 bits per heavy atom. The van der Waals surface area contributed by atoms with Crippen LogP contribution in [0.25, 0.3) is 56.2 Å². The van der Waals surface area contributed by atoms with Crippen molar-refractivity contribution < 1.29 is 4.74 Å². The minimum Gasteiger partial charge on any atom is -0.457 e. The number of nitriles is 1. The fraction of sp³-hybridized carbons (Fsp3) is 0.0208. The fourth-order valence-electron chi connectivity index (χ4n) is 8.08. The van der Waals surface area contributed by atoms with Crippen molar-refractivity contribution in [3.63, 3.8) is 0 Å². The van der Waals surface area contributed by atoms with Gasteiger partial charge in [0.2, 0.25) is 0 Å². The Morgan fingerprint density at radius 3 is 1.65 bits per heavy atom. The average molecular weight is 664 g/mol. The largest absolute Gasteiger partial charge is 0.457 e. The molecule has 0 N–H and O–H groups in total. The molecular formula is C48H29N3O. The summed E-state index contributed by atoms with van der Waals surface area (Å²) in [6.45, 7) is 0. The van der Waals surface area contributed by atoms with Crippen LogP contribution < -0.4 is 4.74 Å². The third-order valence-corrected chi connectivity index (χ3v) is 10.4. The van der Waals surface area contributed by atoms with Crippen LogP contribution in [0.5, 0.6) is 11.5 Å². The number of aromatic nitrogens is 2. The molecule has 0 amide bonds. The molecule has 0 atom stereocenters. The number of nitrogens with zero attached hydrogens (tertiary/aromatic N) is 3. The van der Waals surface area contributed by atoms with E-state index in [1.54, 1.807) is 0 Å². The number of fused-ring (bicyclic) bond motifs is 9. The maximum Gasteiger partial charge on any atom is 0.160 e. The van der Waals surface area contributed by atoms with E-state index in [0.717, 1.165) is 78.5 Å². The second kappa shape index (κ2) is 11.8. The first kappa shape index (κ1) is 29.8. The molecule has 1 aliphatic carbocycles. The van der Waals surface area contributed by atoms with Crippen LogP contribution in [-0.2, 0) is 5.41 Å². The van der Waals surface area contributed by atoms with Gasteiger partial charge in [0.25, 0.3) is 0 Å². The van der Waals surface area contributed by atoms with Gasteiger partial charge in [-0.25, -0.2) is 9.97 Å². The Labute approximate surface area is 301 Å². The average Bonchev–Trinajstić information content (AvgIpc) is 3.50. The van der Waals surface area contributed by atoms with E-state index in [1.807, 2.05) is 84.9 Å². The molecule has 0 unspecified atom stereocenters. The van der Waals surface area contributed by atoms with Crippen molar-refractivity contribution in [3.8, 4) is 73.7 Å². The maximum absolute atomic E-state index is 10.0. The monoisotopic (exact) mass is 663 g/mol. The van der Waals surface area contributed by atoms with Crippen molar-refractivity contribution in [2.45, 2.75) is 5.41 Å². The van der Waals surface area contributed by atoms with Gasteiger partial charge < -0.3 is 4.74 Å². The molecule has 0 radical (unpaired) electrons. The first-order chi connectivity index (χ1) is 25.7. The highest BCUT2D eigenvalue weighted by Crippen LogP contribution is 2.62. The summed E-state index contributed by atoms with van der Waals surface area (Å²) >= 11 is 0. The first-order valence-electron chi connectivity index (χ1n) is 17.4. The third-order valence-electron chi connectivity index (χ3n) is 10.4. The summed E-state index contributed by atoms with van der Waals surface area (Å²) < 4.78 is 6.50. The van der Waals surface area contributed by atoms with Gasteiger partial charge in [0, 0.05) is 27.8 Å². The Morgan fingerprint density at radius 2 is 0.962 bits per heavy atom. The molecule has 2 aliphatic rings. The zero-order chi connectivity index (χ0) is 34.6. The molecule has 52 heavy (non-hydrogen) atoms. The molecule has 0 saturated carbocycles. The molecule has 0 saturated heterocycles. The number of hydrogen-bond acceptors (Lipinski definition) is 4. The number of hydrogen-bond donors (Lipinski definition) is 0. The lowest BCUT2D eigenvalue weighted by Crippen LogP contribution is -2.32. The number of benzene rings is 7. The first-order valence-corrected chi connectivity index (χ1v) is 17.4. The SMILES string of the molecule is N#Cc1ccc2c(c1)-c1cc(-c3cccc(-c4cc(-c5ccccc5)nc(-c5ccccc5)n4)c3)ccc1C21c2ccccc2Oc2ccccc21. The molecule has 7 aromatic carbocycles. The number of para-hydroxylation sites is 2. The quantitative estimate of drug-likeness (QED) is 0.188. The van der Waals surface area contributed by atoms with Crippen LogP contribution in [0.3, 0.4) is 0 Å². The highest BCUT2D eigenvalue weighted by molar-refractivity contribution is 5.91. The highest BCUT2D eigenvalue weighted by Gasteiger charge is 2.51. The van der Waals surface area contributed by atoms with E-state index in [9.17, 15) is 5.26 Å². The normalized spacial score (nSPS) is 12.9. The summed E-state index contributed by atoms with van der Waals surface area (Å²) in [5.74, 6) is 2.37. The summed E-state index contributed by atoms with van der Waals surface area (Å²) in [5, 5.41) is 10.0. The van der Waals surface area contributed by atoms with Gasteiger partial charge in [0.1, 0.15) is 11.5 Å². The molecule has 10 rings (SSSR count). The van der Waals surface area contributed by atoms with Gasteiger partial charge in [-0.3, -0.25) is 0 Å². The zero-order valence-electron chi connectivity index (χ0n) is 28.0. The van der Waals surface area contributed by atoms with Crippen molar-refractivity contribution >= 4 is 0 Å². The van der Waals surface area contributed by atoms with E-state index in [2.05, 4.69) is 97.1 Å². The van der Waals surface area contributed by atoms with E-state index in [-0.39, 0.29) is 0 Å². The second-order valence-electron chi connectivity index (χ2n) is 13.3. The maximum atomic E-state index is 10.0. The molecule has 1 aromatic heterocycles. The van der Waals surface area contributed by atoms with Gasteiger partial charge in [-0.05, 0) is 75.8 Å². The topological polar surface area (TPSA) is 58.8 Å². The van der Waals surface area contributed by atoms with E-state index in [1.165, 1.54) is 5.56 Å². The van der Waals surface area contributed by atoms with E-state index in [0.29, 0.717) is 11.4 Å². The molecule has 1 spiro atoms. The van der Waals surface area contributed by atoms with E-state index < -0.39 is 5.41 Å². The van der Waals surface area contributed by atoms with Gasteiger partial charge in [-0.1, -0.05) is 133 Å². The standard InChI is InChI=1S/C48H29N3O/c49-30-31-22-24-39-37(26-31)38-28-35(23-25-40(38)48(39)41-18-7-9-20-45(41)52-46-21-10-8-19-42(46)48)34-16-11-17-36(27-34)44-29-43(32-12-3-1-4-13-32)50-47(51-44)33-14-5-2-6-15-33/h1-29H. The summed E-state index contributed by atoms with van der Waals surface area (Å²) in [6.07, 6.45) is 0. The number of ether oxygens (including phenoxy) is 1. The van der Waals surface area contributed by atoms with Gasteiger partial charge >= 0.3 is 0 Å². The van der Waals surface area contributed by atoms with Crippen LogP contribution in [0.1, 0.15) is 27.8 Å².